The maximum Gasteiger partial charge on any atom is 0.300 e. The van der Waals surface area contributed by atoms with Crippen LogP contribution in [0.5, 0.6) is 5.75 Å². The van der Waals surface area contributed by atoms with Gasteiger partial charge in [0.25, 0.3) is 11.7 Å². The Morgan fingerprint density at radius 3 is 2.47 bits per heavy atom. The molecule has 0 spiro atoms. The molecule has 2 aromatic carbocycles. The summed E-state index contributed by atoms with van der Waals surface area (Å²) in [5.74, 6) is -0.942. The van der Waals surface area contributed by atoms with E-state index in [9.17, 15) is 14.7 Å². The van der Waals surface area contributed by atoms with Crippen LogP contribution in [0.1, 0.15) is 47.3 Å². The van der Waals surface area contributed by atoms with Crippen LogP contribution in [-0.4, -0.2) is 28.4 Å². The minimum absolute atomic E-state index is 0.0188. The second-order valence-corrected chi connectivity index (χ2v) is 8.54. The van der Waals surface area contributed by atoms with Crippen LogP contribution in [-0.2, 0) is 9.59 Å². The molecule has 1 unspecified atom stereocenters. The number of benzene rings is 2. The number of pyridine rings is 1. The molecule has 174 valence electrons. The molecule has 34 heavy (non-hydrogen) atoms. The molecule has 0 aliphatic carbocycles. The molecule has 0 bridgehead atoms. The van der Waals surface area contributed by atoms with Crippen LogP contribution in [0.4, 0.5) is 5.69 Å². The molecule has 2 heterocycles. The summed E-state index contributed by atoms with van der Waals surface area (Å²) in [4.78, 5) is 32.5. The van der Waals surface area contributed by atoms with Gasteiger partial charge in [-0.25, -0.2) is 0 Å². The Morgan fingerprint density at radius 2 is 1.82 bits per heavy atom. The Hall–Kier alpha value is -3.93. The minimum atomic E-state index is -0.848. The molecule has 6 nitrogen and oxygen atoms in total. The van der Waals surface area contributed by atoms with E-state index in [1.165, 1.54) is 4.90 Å². The van der Waals surface area contributed by atoms with E-state index in [0.29, 0.717) is 23.6 Å². The topological polar surface area (TPSA) is 79.7 Å². The number of ether oxygens (including phenoxy) is 1. The summed E-state index contributed by atoms with van der Waals surface area (Å²) in [6, 6.07) is 15.4. The van der Waals surface area contributed by atoms with Crippen LogP contribution in [0.3, 0.4) is 0 Å². The molecule has 6 heteroatoms. The van der Waals surface area contributed by atoms with E-state index < -0.39 is 17.7 Å². The first-order valence-electron chi connectivity index (χ1n) is 11.4. The van der Waals surface area contributed by atoms with Gasteiger partial charge in [0, 0.05) is 17.4 Å². The van der Waals surface area contributed by atoms with E-state index >= 15 is 0 Å². The molecule has 1 aliphatic heterocycles. The predicted octanol–water partition coefficient (Wildman–Crippen LogP) is 5.42. The van der Waals surface area contributed by atoms with Crippen molar-refractivity contribution in [2.75, 3.05) is 11.5 Å². The Bertz CT molecular complexity index is 1280. The molecule has 1 amide bonds. The van der Waals surface area contributed by atoms with Gasteiger partial charge in [0.15, 0.2) is 0 Å². The number of aromatic nitrogens is 1. The Labute approximate surface area is 199 Å². The van der Waals surface area contributed by atoms with Gasteiger partial charge >= 0.3 is 0 Å². The summed E-state index contributed by atoms with van der Waals surface area (Å²) >= 11 is 0. The zero-order chi connectivity index (χ0) is 24.4. The van der Waals surface area contributed by atoms with E-state index in [1.807, 2.05) is 45.9 Å². The van der Waals surface area contributed by atoms with Gasteiger partial charge in [0.2, 0.25) is 0 Å². The van der Waals surface area contributed by atoms with E-state index in [0.717, 1.165) is 28.9 Å². The molecule has 1 aliphatic rings. The number of hydrogen-bond acceptors (Lipinski definition) is 5. The quantitative estimate of drug-likeness (QED) is 0.304. The maximum absolute atomic E-state index is 13.3. The van der Waals surface area contributed by atoms with E-state index in [1.54, 1.807) is 42.6 Å². The van der Waals surface area contributed by atoms with Crippen LogP contribution >= 0.6 is 0 Å². The summed E-state index contributed by atoms with van der Waals surface area (Å²) in [7, 11) is 0. The van der Waals surface area contributed by atoms with Crippen molar-refractivity contribution in [3.8, 4) is 5.75 Å². The third-order valence-corrected chi connectivity index (χ3v) is 5.93. The summed E-state index contributed by atoms with van der Waals surface area (Å²) in [5.41, 5.74) is 4.32. The van der Waals surface area contributed by atoms with Gasteiger partial charge in [0.05, 0.1) is 17.9 Å². The standard InChI is InChI=1S/C28H28N2O4/c1-5-14-34-23-12-10-20(16-19(23)4)26(31)24-25(21-8-6-7-13-29-21)30(28(33)27(24)32)22-11-9-17(2)15-18(22)3/h6-13,15-16,25,31H,5,14H2,1-4H3/b26-24+. The fourth-order valence-electron chi connectivity index (χ4n) is 4.30. The molecule has 1 fully saturated rings. The largest absolute Gasteiger partial charge is 0.507 e. The first-order chi connectivity index (χ1) is 16.3. The lowest BCUT2D eigenvalue weighted by atomic mass is 9.97. The molecule has 4 rings (SSSR count). The highest BCUT2D eigenvalue weighted by Gasteiger charge is 2.48. The molecular formula is C28H28N2O4. The van der Waals surface area contributed by atoms with Crippen molar-refractivity contribution in [2.45, 2.75) is 40.2 Å². The van der Waals surface area contributed by atoms with Crippen molar-refractivity contribution in [3.63, 3.8) is 0 Å². The normalized spacial score (nSPS) is 17.3. The van der Waals surface area contributed by atoms with Gasteiger partial charge in [-0.3, -0.25) is 19.5 Å². The molecule has 1 aromatic heterocycles. The number of carbonyl (C=O) groups is 2. The highest BCUT2D eigenvalue weighted by atomic mass is 16.5. The third kappa shape index (κ3) is 4.19. The van der Waals surface area contributed by atoms with Crippen LogP contribution < -0.4 is 9.64 Å². The van der Waals surface area contributed by atoms with Crippen molar-refractivity contribution in [1.29, 1.82) is 0 Å². The van der Waals surface area contributed by atoms with Gasteiger partial charge in [-0.1, -0.05) is 30.7 Å². The molecule has 3 aromatic rings. The SMILES string of the molecule is CCCOc1ccc(/C(O)=C2\C(=O)C(=O)N(c3ccc(C)cc3C)C2c2ccccn2)cc1C. The Morgan fingerprint density at radius 1 is 1.03 bits per heavy atom. The highest BCUT2D eigenvalue weighted by molar-refractivity contribution is 6.51. The summed E-state index contributed by atoms with van der Waals surface area (Å²) in [6.07, 6.45) is 2.49. The molecule has 1 N–H and O–H groups in total. The number of amides is 1. The second-order valence-electron chi connectivity index (χ2n) is 8.54. The van der Waals surface area contributed by atoms with E-state index in [4.69, 9.17) is 4.74 Å². The van der Waals surface area contributed by atoms with Crippen molar-refractivity contribution in [2.24, 2.45) is 0 Å². The fourth-order valence-corrected chi connectivity index (χ4v) is 4.30. The second kappa shape index (κ2) is 9.51. The zero-order valence-electron chi connectivity index (χ0n) is 19.8. The van der Waals surface area contributed by atoms with Crippen LogP contribution in [0.2, 0.25) is 0 Å². The minimum Gasteiger partial charge on any atom is -0.507 e. The number of aryl methyl sites for hydroxylation is 3. The van der Waals surface area contributed by atoms with Gasteiger partial charge in [-0.05, 0) is 74.7 Å². The Kier molecular flexibility index (Phi) is 6.50. The Balaban J connectivity index is 1.88. The molecule has 1 saturated heterocycles. The van der Waals surface area contributed by atoms with E-state index in [-0.39, 0.29) is 11.3 Å². The summed E-state index contributed by atoms with van der Waals surface area (Å²) in [5, 5.41) is 11.3. The molecule has 0 saturated carbocycles. The average Bonchev–Trinajstić information content (AvgIpc) is 3.09. The van der Waals surface area contributed by atoms with Crippen molar-refractivity contribution in [1.82, 2.24) is 4.98 Å². The molecule has 1 atom stereocenters. The number of aliphatic hydroxyl groups is 1. The first-order valence-corrected chi connectivity index (χ1v) is 11.4. The van der Waals surface area contributed by atoms with Crippen LogP contribution in [0, 0.1) is 20.8 Å². The van der Waals surface area contributed by atoms with Crippen molar-refractivity contribution < 1.29 is 19.4 Å². The number of hydrogen-bond donors (Lipinski definition) is 1. The smallest absolute Gasteiger partial charge is 0.300 e. The van der Waals surface area contributed by atoms with Gasteiger partial charge in [0.1, 0.15) is 17.6 Å². The van der Waals surface area contributed by atoms with Crippen LogP contribution in [0.15, 0.2) is 66.4 Å². The summed E-state index contributed by atoms with van der Waals surface area (Å²) < 4.78 is 5.74. The summed E-state index contributed by atoms with van der Waals surface area (Å²) in [6.45, 7) is 8.37. The lowest BCUT2D eigenvalue weighted by molar-refractivity contribution is -0.132. The number of aliphatic hydroxyl groups excluding tert-OH is 1. The lowest BCUT2D eigenvalue weighted by Crippen LogP contribution is -2.30. The van der Waals surface area contributed by atoms with E-state index in [2.05, 4.69) is 4.98 Å². The monoisotopic (exact) mass is 456 g/mol. The predicted molar refractivity (Wildman–Crippen MR) is 132 cm³/mol. The van der Waals surface area contributed by atoms with Gasteiger partial charge < -0.3 is 9.84 Å². The fraction of sp³-hybridized carbons (Fsp3) is 0.250. The lowest BCUT2D eigenvalue weighted by Gasteiger charge is -2.26. The number of Topliss-reactive ketones (excluding diaryl/α,β-unsaturated/α-hetero) is 1. The van der Waals surface area contributed by atoms with Gasteiger partial charge in [-0.2, -0.15) is 0 Å². The number of carbonyl (C=O) groups excluding carboxylic acids is 2. The van der Waals surface area contributed by atoms with Gasteiger partial charge in [-0.15, -0.1) is 0 Å². The molecular weight excluding hydrogens is 428 g/mol. The number of rotatable bonds is 6. The maximum atomic E-state index is 13.3. The number of ketones is 1. The van der Waals surface area contributed by atoms with Crippen LogP contribution in [0.25, 0.3) is 5.76 Å². The average molecular weight is 457 g/mol. The highest BCUT2D eigenvalue weighted by Crippen LogP contribution is 2.42. The van der Waals surface area contributed by atoms with Crippen molar-refractivity contribution in [3.05, 3.63) is 94.3 Å². The zero-order valence-corrected chi connectivity index (χ0v) is 19.8. The first kappa shape index (κ1) is 23.2. The third-order valence-electron chi connectivity index (χ3n) is 5.93. The number of nitrogens with zero attached hydrogens (tertiary/aromatic N) is 2. The van der Waals surface area contributed by atoms with Crippen molar-refractivity contribution >= 4 is 23.1 Å². The number of anilines is 1. The molecule has 0 radical (unpaired) electrons.